The van der Waals surface area contributed by atoms with Crippen LogP contribution in [0.15, 0.2) is 36.7 Å². The highest BCUT2D eigenvalue weighted by atomic mass is 19.1. The van der Waals surface area contributed by atoms with Gasteiger partial charge in [0.1, 0.15) is 17.7 Å². The second-order valence-corrected chi connectivity index (χ2v) is 5.64. The van der Waals surface area contributed by atoms with Gasteiger partial charge < -0.3 is 14.8 Å². The summed E-state index contributed by atoms with van der Waals surface area (Å²) in [5.74, 6) is -0.144. The molecule has 0 unspecified atom stereocenters. The number of ether oxygens (including phenoxy) is 2. The summed E-state index contributed by atoms with van der Waals surface area (Å²) in [5, 5.41) is 7.07. The minimum absolute atomic E-state index is 0.200. The number of nitrogens with one attached hydrogen (secondary N) is 1. The van der Waals surface area contributed by atoms with Crippen LogP contribution in [-0.4, -0.2) is 41.0 Å². The van der Waals surface area contributed by atoms with Crippen LogP contribution in [0, 0.1) is 5.82 Å². The van der Waals surface area contributed by atoms with E-state index in [1.54, 1.807) is 29.2 Å². The Labute approximate surface area is 139 Å². The summed E-state index contributed by atoms with van der Waals surface area (Å²) in [7, 11) is 0. The molecule has 3 rings (SSSR count). The van der Waals surface area contributed by atoms with Crippen LogP contribution in [-0.2, 0) is 11.3 Å². The topological polar surface area (TPSA) is 65.4 Å². The van der Waals surface area contributed by atoms with Crippen LogP contribution in [0.4, 0.5) is 4.39 Å². The van der Waals surface area contributed by atoms with Gasteiger partial charge in [-0.1, -0.05) is 6.07 Å². The summed E-state index contributed by atoms with van der Waals surface area (Å²) in [6.45, 7) is 3.55. The molecule has 2 aromatic rings. The van der Waals surface area contributed by atoms with Crippen LogP contribution < -0.4 is 10.1 Å². The standard InChI is InChI=1S/C17H20FN3O3/c1-2-21-10-12(9-19-21)17(22)20-15-6-7-23-11-16(15)24-14-5-3-4-13(18)8-14/h3-5,8-10,15-16H,2,6-7,11H2,1H3,(H,20,22)/t15-,16-/m1/s1. The molecule has 1 fully saturated rings. The Hall–Kier alpha value is -2.41. The summed E-state index contributed by atoms with van der Waals surface area (Å²) in [5.41, 5.74) is 0.507. The van der Waals surface area contributed by atoms with Crippen molar-refractivity contribution in [2.24, 2.45) is 0 Å². The number of nitrogens with zero attached hydrogens (tertiary/aromatic N) is 2. The molecule has 2 heterocycles. The quantitative estimate of drug-likeness (QED) is 0.909. The van der Waals surface area contributed by atoms with Gasteiger partial charge in [-0.05, 0) is 25.5 Å². The van der Waals surface area contributed by atoms with E-state index in [-0.39, 0.29) is 23.9 Å². The van der Waals surface area contributed by atoms with E-state index in [1.807, 2.05) is 6.92 Å². The predicted molar refractivity (Wildman–Crippen MR) is 85.4 cm³/mol. The number of amides is 1. The van der Waals surface area contributed by atoms with Crippen LogP contribution >= 0.6 is 0 Å². The number of hydrogen-bond acceptors (Lipinski definition) is 4. The van der Waals surface area contributed by atoms with Crippen molar-refractivity contribution >= 4 is 5.91 Å². The number of carbonyl (C=O) groups excluding carboxylic acids is 1. The third kappa shape index (κ3) is 3.91. The van der Waals surface area contributed by atoms with Crippen molar-refractivity contribution in [1.29, 1.82) is 0 Å². The van der Waals surface area contributed by atoms with Crippen molar-refractivity contribution in [2.45, 2.75) is 32.0 Å². The Balaban J connectivity index is 1.66. The maximum Gasteiger partial charge on any atom is 0.254 e. The first-order valence-electron chi connectivity index (χ1n) is 7.99. The molecular weight excluding hydrogens is 313 g/mol. The van der Waals surface area contributed by atoms with Gasteiger partial charge in [0, 0.05) is 25.4 Å². The molecule has 1 aliphatic heterocycles. The number of aromatic nitrogens is 2. The van der Waals surface area contributed by atoms with Crippen molar-refractivity contribution in [3.63, 3.8) is 0 Å². The van der Waals surface area contributed by atoms with E-state index in [4.69, 9.17) is 9.47 Å². The summed E-state index contributed by atoms with van der Waals surface area (Å²) in [6.07, 6.45) is 3.51. The predicted octanol–water partition coefficient (Wildman–Crippen LogP) is 2.01. The Morgan fingerprint density at radius 1 is 1.54 bits per heavy atom. The summed E-state index contributed by atoms with van der Waals surface area (Å²) in [6, 6.07) is 5.73. The van der Waals surface area contributed by atoms with Gasteiger partial charge in [-0.15, -0.1) is 0 Å². The fourth-order valence-corrected chi connectivity index (χ4v) is 2.61. The fourth-order valence-electron chi connectivity index (χ4n) is 2.61. The molecule has 128 valence electrons. The first kappa shape index (κ1) is 16.4. The molecule has 0 radical (unpaired) electrons. The zero-order valence-corrected chi connectivity index (χ0v) is 13.4. The molecule has 1 amide bonds. The highest BCUT2D eigenvalue weighted by Gasteiger charge is 2.29. The normalized spacial score (nSPS) is 20.6. The lowest BCUT2D eigenvalue weighted by atomic mass is 10.1. The molecule has 0 saturated carbocycles. The number of aryl methyl sites for hydroxylation is 1. The van der Waals surface area contributed by atoms with Crippen LogP contribution in [0.5, 0.6) is 5.75 Å². The summed E-state index contributed by atoms with van der Waals surface area (Å²) in [4.78, 5) is 12.4. The Kier molecular flexibility index (Phi) is 5.10. The molecule has 0 bridgehead atoms. The SMILES string of the molecule is CCn1cc(C(=O)N[C@@H]2CCOC[C@H]2Oc2cccc(F)c2)cn1. The van der Waals surface area contributed by atoms with Gasteiger partial charge in [0.05, 0.1) is 24.4 Å². The number of halogens is 1. The van der Waals surface area contributed by atoms with E-state index in [1.165, 1.54) is 12.1 Å². The smallest absolute Gasteiger partial charge is 0.254 e. The van der Waals surface area contributed by atoms with Gasteiger partial charge in [0.25, 0.3) is 5.91 Å². The van der Waals surface area contributed by atoms with E-state index < -0.39 is 0 Å². The number of hydrogen-bond donors (Lipinski definition) is 1. The maximum absolute atomic E-state index is 13.3. The fraction of sp³-hybridized carbons (Fsp3) is 0.412. The minimum Gasteiger partial charge on any atom is -0.486 e. The largest absolute Gasteiger partial charge is 0.486 e. The van der Waals surface area contributed by atoms with Gasteiger partial charge in [0.2, 0.25) is 0 Å². The number of benzene rings is 1. The third-order valence-electron chi connectivity index (χ3n) is 3.92. The average Bonchev–Trinajstić information content (AvgIpc) is 3.06. The molecule has 1 aliphatic rings. The van der Waals surface area contributed by atoms with Crippen LogP contribution in [0.3, 0.4) is 0 Å². The van der Waals surface area contributed by atoms with Crippen molar-refractivity contribution < 1.29 is 18.7 Å². The lowest BCUT2D eigenvalue weighted by Gasteiger charge is -2.32. The molecule has 1 aromatic carbocycles. The van der Waals surface area contributed by atoms with Crippen molar-refractivity contribution in [2.75, 3.05) is 13.2 Å². The van der Waals surface area contributed by atoms with E-state index in [0.29, 0.717) is 37.5 Å². The zero-order valence-electron chi connectivity index (χ0n) is 13.4. The number of rotatable bonds is 5. The van der Waals surface area contributed by atoms with Gasteiger partial charge in [0.15, 0.2) is 0 Å². The van der Waals surface area contributed by atoms with Crippen molar-refractivity contribution in [3.05, 3.63) is 48.0 Å². The third-order valence-corrected chi connectivity index (χ3v) is 3.92. The van der Waals surface area contributed by atoms with Crippen LogP contribution in [0.25, 0.3) is 0 Å². The van der Waals surface area contributed by atoms with Crippen molar-refractivity contribution in [1.82, 2.24) is 15.1 Å². The molecule has 1 aromatic heterocycles. The molecule has 1 N–H and O–H groups in total. The first-order chi connectivity index (χ1) is 11.7. The lowest BCUT2D eigenvalue weighted by molar-refractivity contribution is -0.0136. The highest BCUT2D eigenvalue weighted by Crippen LogP contribution is 2.19. The lowest BCUT2D eigenvalue weighted by Crippen LogP contribution is -2.51. The van der Waals surface area contributed by atoms with Crippen LogP contribution in [0.2, 0.25) is 0 Å². The second-order valence-electron chi connectivity index (χ2n) is 5.64. The van der Waals surface area contributed by atoms with E-state index in [0.717, 1.165) is 0 Å². The molecule has 0 aliphatic carbocycles. The van der Waals surface area contributed by atoms with Gasteiger partial charge in [-0.3, -0.25) is 9.48 Å². The van der Waals surface area contributed by atoms with Gasteiger partial charge in [-0.25, -0.2) is 4.39 Å². The monoisotopic (exact) mass is 333 g/mol. The Bertz CT molecular complexity index is 704. The second kappa shape index (κ2) is 7.44. The van der Waals surface area contributed by atoms with Gasteiger partial charge in [-0.2, -0.15) is 5.10 Å². The van der Waals surface area contributed by atoms with E-state index >= 15 is 0 Å². The van der Waals surface area contributed by atoms with E-state index in [9.17, 15) is 9.18 Å². The molecule has 6 nitrogen and oxygen atoms in total. The summed E-state index contributed by atoms with van der Waals surface area (Å²) >= 11 is 0. The zero-order chi connectivity index (χ0) is 16.9. The molecule has 2 atom stereocenters. The van der Waals surface area contributed by atoms with Crippen LogP contribution in [0.1, 0.15) is 23.7 Å². The minimum atomic E-state index is -0.370. The van der Waals surface area contributed by atoms with Crippen molar-refractivity contribution in [3.8, 4) is 5.75 Å². The average molecular weight is 333 g/mol. The van der Waals surface area contributed by atoms with Gasteiger partial charge >= 0.3 is 0 Å². The molecular formula is C17H20FN3O3. The molecule has 0 spiro atoms. The molecule has 7 heteroatoms. The molecule has 24 heavy (non-hydrogen) atoms. The molecule has 1 saturated heterocycles. The first-order valence-corrected chi connectivity index (χ1v) is 7.99. The Morgan fingerprint density at radius 3 is 3.17 bits per heavy atom. The Morgan fingerprint density at radius 2 is 2.42 bits per heavy atom. The maximum atomic E-state index is 13.3. The summed E-state index contributed by atoms with van der Waals surface area (Å²) < 4.78 is 26.2. The van der Waals surface area contributed by atoms with E-state index in [2.05, 4.69) is 10.4 Å². The highest BCUT2D eigenvalue weighted by molar-refractivity contribution is 5.93. The number of carbonyl (C=O) groups is 1.